The van der Waals surface area contributed by atoms with Crippen molar-refractivity contribution in [2.75, 3.05) is 30.5 Å². The predicted octanol–water partition coefficient (Wildman–Crippen LogP) is 3.13. The van der Waals surface area contributed by atoms with Crippen LogP contribution in [0, 0.1) is 5.92 Å². The standard InChI is InChI=1S/C25H28N2O6/c1-4-16-7-6-8-17(5-2)23(16)26-21(28)15-33-25(31)19-13-22(29)27(14-19)20-11-9-18(10-12-20)24(30)32-3/h6-12,19H,4-5,13-15H2,1-3H3,(H,26,28)/t19-/m0/s1. The van der Waals surface area contributed by atoms with Crippen molar-refractivity contribution in [3.8, 4) is 0 Å². The van der Waals surface area contributed by atoms with E-state index < -0.39 is 30.4 Å². The van der Waals surface area contributed by atoms with Crippen LogP contribution in [0.5, 0.6) is 0 Å². The van der Waals surface area contributed by atoms with Gasteiger partial charge in [0.2, 0.25) is 5.91 Å². The molecule has 2 aromatic carbocycles. The second kappa shape index (κ2) is 10.8. The molecule has 33 heavy (non-hydrogen) atoms. The van der Waals surface area contributed by atoms with Crippen molar-refractivity contribution in [3.63, 3.8) is 0 Å². The van der Waals surface area contributed by atoms with Crippen LogP contribution in [0.2, 0.25) is 0 Å². The Morgan fingerprint density at radius 3 is 2.24 bits per heavy atom. The number of carbonyl (C=O) groups is 4. The van der Waals surface area contributed by atoms with E-state index in [-0.39, 0.29) is 18.9 Å². The summed E-state index contributed by atoms with van der Waals surface area (Å²) in [5, 5.41) is 2.86. The number of methoxy groups -OCH3 is 1. The van der Waals surface area contributed by atoms with Gasteiger partial charge in [0.05, 0.1) is 18.6 Å². The highest BCUT2D eigenvalue weighted by Gasteiger charge is 2.36. The number of hydrogen-bond acceptors (Lipinski definition) is 6. The summed E-state index contributed by atoms with van der Waals surface area (Å²) < 4.78 is 9.88. The maximum atomic E-state index is 12.5. The van der Waals surface area contributed by atoms with Crippen LogP contribution in [0.25, 0.3) is 0 Å². The highest BCUT2D eigenvalue weighted by Crippen LogP contribution is 2.27. The Balaban J connectivity index is 1.57. The zero-order valence-corrected chi connectivity index (χ0v) is 19.1. The summed E-state index contributed by atoms with van der Waals surface area (Å²) >= 11 is 0. The summed E-state index contributed by atoms with van der Waals surface area (Å²) in [6.07, 6.45) is 1.53. The number of benzene rings is 2. The van der Waals surface area contributed by atoms with E-state index in [1.54, 1.807) is 24.3 Å². The Kier molecular flexibility index (Phi) is 7.82. The van der Waals surface area contributed by atoms with Gasteiger partial charge in [-0.05, 0) is 48.2 Å². The van der Waals surface area contributed by atoms with Crippen molar-refractivity contribution >= 4 is 35.1 Å². The van der Waals surface area contributed by atoms with Crippen molar-refractivity contribution in [1.29, 1.82) is 0 Å². The minimum atomic E-state index is -0.667. The third kappa shape index (κ3) is 5.58. The number of amides is 2. The minimum Gasteiger partial charge on any atom is -0.465 e. The molecule has 0 spiro atoms. The number of carbonyl (C=O) groups excluding carboxylic acids is 4. The number of aryl methyl sites for hydroxylation is 2. The quantitative estimate of drug-likeness (QED) is 0.618. The van der Waals surface area contributed by atoms with E-state index in [9.17, 15) is 19.2 Å². The maximum Gasteiger partial charge on any atom is 0.337 e. The predicted molar refractivity (Wildman–Crippen MR) is 123 cm³/mol. The molecule has 2 aromatic rings. The summed E-state index contributed by atoms with van der Waals surface area (Å²) in [5.41, 5.74) is 3.74. The molecule has 2 amide bonds. The van der Waals surface area contributed by atoms with Crippen LogP contribution in [-0.4, -0.2) is 44.0 Å². The fraction of sp³-hybridized carbons (Fsp3) is 0.360. The third-order valence-corrected chi connectivity index (χ3v) is 5.67. The first-order chi connectivity index (χ1) is 15.9. The highest BCUT2D eigenvalue weighted by atomic mass is 16.5. The summed E-state index contributed by atoms with van der Waals surface area (Å²) in [7, 11) is 1.29. The lowest BCUT2D eigenvalue weighted by molar-refractivity contribution is -0.151. The molecule has 1 atom stereocenters. The maximum absolute atomic E-state index is 12.5. The van der Waals surface area contributed by atoms with E-state index in [2.05, 4.69) is 10.1 Å². The first-order valence-corrected chi connectivity index (χ1v) is 10.9. The van der Waals surface area contributed by atoms with Crippen molar-refractivity contribution in [2.24, 2.45) is 5.92 Å². The number of nitrogens with one attached hydrogen (secondary N) is 1. The molecule has 1 aliphatic heterocycles. The summed E-state index contributed by atoms with van der Waals surface area (Å²) in [6, 6.07) is 12.2. The van der Waals surface area contributed by atoms with Gasteiger partial charge in [-0.25, -0.2) is 4.79 Å². The zero-order chi connectivity index (χ0) is 24.0. The van der Waals surface area contributed by atoms with E-state index >= 15 is 0 Å². The van der Waals surface area contributed by atoms with Gasteiger partial charge in [0.1, 0.15) is 0 Å². The number of ether oxygens (including phenoxy) is 2. The fourth-order valence-electron chi connectivity index (χ4n) is 3.84. The second-order valence-corrected chi connectivity index (χ2v) is 7.76. The third-order valence-electron chi connectivity index (χ3n) is 5.67. The summed E-state index contributed by atoms with van der Waals surface area (Å²) in [6.45, 7) is 3.75. The molecular formula is C25H28N2O6. The lowest BCUT2D eigenvalue weighted by atomic mass is 10.0. The molecule has 0 saturated carbocycles. The van der Waals surface area contributed by atoms with Gasteiger partial charge >= 0.3 is 11.9 Å². The van der Waals surface area contributed by atoms with Gasteiger partial charge in [0, 0.05) is 24.3 Å². The van der Waals surface area contributed by atoms with Gasteiger partial charge in [-0.1, -0.05) is 32.0 Å². The molecule has 0 bridgehead atoms. The molecule has 0 aromatic heterocycles. The average Bonchev–Trinajstić information content (AvgIpc) is 3.23. The van der Waals surface area contributed by atoms with Gasteiger partial charge in [-0.15, -0.1) is 0 Å². The molecule has 174 valence electrons. The van der Waals surface area contributed by atoms with Gasteiger partial charge in [0.15, 0.2) is 6.61 Å². The zero-order valence-electron chi connectivity index (χ0n) is 19.1. The monoisotopic (exact) mass is 452 g/mol. The van der Waals surface area contributed by atoms with Crippen LogP contribution in [0.3, 0.4) is 0 Å². The molecule has 1 saturated heterocycles. The SMILES string of the molecule is CCc1cccc(CC)c1NC(=O)COC(=O)[C@H]1CC(=O)N(c2ccc(C(=O)OC)cc2)C1. The van der Waals surface area contributed by atoms with Gasteiger partial charge in [-0.2, -0.15) is 0 Å². The van der Waals surface area contributed by atoms with Gasteiger partial charge in [0.25, 0.3) is 5.91 Å². The van der Waals surface area contributed by atoms with E-state index in [1.807, 2.05) is 32.0 Å². The highest BCUT2D eigenvalue weighted by molar-refractivity contribution is 6.00. The van der Waals surface area contributed by atoms with E-state index in [0.717, 1.165) is 29.7 Å². The van der Waals surface area contributed by atoms with Crippen molar-refractivity contribution in [1.82, 2.24) is 0 Å². The number of nitrogens with zero attached hydrogens (tertiary/aromatic N) is 1. The van der Waals surface area contributed by atoms with Crippen LogP contribution < -0.4 is 10.2 Å². The molecule has 1 N–H and O–H groups in total. The molecule has 8 heteroatoms. The largest absolute Gasteiger partial charge is 0.465 e. The van der Waals surface area contributed by atoms with Crippen molar-refractivity contribution < 1.29 is 28.7 Å². The van der Waals surface area contributed by atoms with Crippen LogP contribution in [0.15, 0.2) is 42.5 Å². The summed E-state index contributed by atoms with van der Waals surface area (Å²) in [4.78, 5) is 50.4. The normalized spacial score (nSPS) is 15.3. The molecule has 1 fully saturated rings. The number of para-hydroxylation sites is 1. The van der Waals surface area contributed by atoms with Gasteiger partial charge in [-0.3, -0.25) is 14.4 Å². The first kappa shape index (κ1) is 24.0. The second-order valence-electron chi connectivity index (χ2n) is 7.76. The molecule has 3 rings (SSSR count). The van der Waals surface area contributed by atoms with Gasteiger partial charge < -0.3 is 19.7 Å². The van der Waals surface area contributed by atoms with E-state index in [0.29, 0.717) is 11.3 Å². The molecule has 0 radical (unpaired) electrons. The van der Waals surface area contributed by atoms with Crippen LogP contribution in [0.4, 0.5) is 11.4 Å². The van der Waals surface area contributed by atoms with Crippen LogP contribution >= 0.6 is 0 Å². The Hall–Kier alpha value is -3.68. The molecule has 8 nitrogen and oxygen atoms in total. The lowest BCUT2D eigenvalue weighted by Gasteiger charge is -2.17. The average molecular weight is 453 g/mol. The van der Waals surface area contributed by atoms with E-state index in [1.165, 1.54) is 12.0 Å². The summed E-state index contributed by atoms with van der Waals surface area (Å²) in [5.74, 6) is -2.37. The van der Waals surface area contributed by atoms with Crippen LogP contribution in [-0.2, 0) is 36.7 Å². The number of esters is 2. The smallest absolute Gasteiger partial charge is 0.337 e. The van der Waals surface area contributed by atoms with Crippen LogP contribution in [0.1, 0.15) is 41.8 Å². The Morgan fingerprint density at radius 1 is 1.03 bits per heavy atom. The van der Waals surface area contributed by atoms with E-state index in [4.69, 9.17) is 4.74 Å². The van der Waals surface area contributed by atoms with Crippen molar-refractivity contribution in [3.05, 3.63) is 59.2 Å². The van der Waals surface area contributed by atoms with Crippen molar-refractivity contribution in [2.45, 2.75) is 33.1 Å². The minimum absolute atomic E-state index is 0.00213. The molecular weight excluding hydrogens is 424 g/mol. The Morgan fingerprint density at radius 2 is 1.67 bits per heavy atom. The first-order valence-electron chi connectivity index (χ1n) is 10.9. The fourth-order valence-corrected chi connectivity index (χ4v) is 3.84. The number of hydrogen-bond donors (Lipinski definition) is 1. The Bertz CT molecular complexity index is 1030. The number of rotatable bonds is 8. The Labute approximate surface area is 192 Å². The molecule has 1 heterocycles. The molecule has 0 aliphatic carbocycles. The number of anilines is 2. The molecule has 1 aliphatic rings. The lowest BCUT2D eigenvalue weighted by Crippen LogP contribution is -2.28. The molecule has 0 unspecified atom stereocenters. The topological polar surface area (TPSA) is 102 Å².